The van der Waals surface area contributed by atoms with Crippen molar-refractivity contribution in [1.29, 1.82) is 0 Å². The highest BCUT2D eigenvalue weighted by atomic mass is 16.5. The topological polar surface area (TPSA) is 29.5 Å². The molecule has 0 rings (SSSR count). The summed E-state index contributed by atoms with van der Waals surface area (Å²) in [6.07, 6.45) is 0.752. The van der Waals surface area contributed by atoms with Crippen LogP contribution in [0.25, 0.3) is 0 Å². The normalized spacial score (nSPS) is 12.0. The minimum atomic E-state index is 0.230. The molecule has 0 atom stereocenters. The third-order valence-electron chi connectivity index (χ3n) is 2.75. The maximum Gasteiger partial charge on any atom is 0.102 e. The van der Waals surface area contributed by atoms with E-state index in [4.69, 9.17) is 9.84 Å². The lowest BCUT2D eigenvalue weighted by Crippen LogP contribution is -2.45. The van der Waals surface area contributed by atoms with Crippen LogP contribution in [-0.2, 0) is 4.74 Å². The van der Waals surface area contributed by atoms with Gasteiger partial charge in [0.15, 0.2) is 0 Å². The number of quaternary nitrogens is 1. The Morgan fingerprint density at radius 3 is 2.23 bits per heavy atom. The van der Waals surface area contributed by atoms with Gasteiger partial charge < -0.3 is 14.3 Å². The molecule has 0 aromatic rings. The Labute approximate surface area is 81.9 Å². The van der Waals surface area contributed by atoms with Crippen molar-refractivity contribution in [2.45, 2.75) is 20.3 Å². The maximum atomic E-state index is 8.53. The molecule has 0 aromatic heterocycles. The van der Waals surface area contributed by atoms with Gasteiger partial charge in [0, 0.05) is 13.2 Å². The smallest absolute Gasteiger partial charge is 0.102 e. The molecule has 0 fully saturated rings. The summed E-state index contributed by atoms with van der Waals surface area (Å²) >= 11 is 0. The highest BCUT2D eigenvalue weighted by Crippen LogP contribution is 2.00. The number of nitrogens with zero attached hydrogens (tertiary/aromatic N) is 1. The van der Waals surface area contributed by atoms with E-state index >= 15 is 0 Å². The Morgan fingerprint density at radius 2 is 1.77 bits per heavy atom. The molecule has 3 nitrogen and oxygen atoms in total. The lowest BCUT2D eigenvalue weighted by molar-refractivity contribution is -0.906. The quantitative estimate of drug-likeness (QED) is 0.454. The Bertz CT molecular complexity index is 113. The summed E-state index contributed by atoms with van der Waals surface area (Å²) in [6.45, 7) is 9.50. The molecule has 0 radical (unpaired) electrons. The first-order valence-electron chi connectivity index (χ1n) is 5.20. The third-order valence-corrected chi connectivity index (χ3v) is 2.75. The van der Waals surface area contributed by atoms with Gasteiger partial charge in [-0.1, -0.05) is 0 Å². The van der Waals surface area contributed by atoms with E-state index in [1.807, 2.05) is 0 Å². The Morgan fingerprint density at radius 1 is 1.15 bits per heavy atom. The summed E-state index contributed by atoms with van der Waals surface area (Å²) < 4.78 is 6.47. The van der Waals surface area contributed by atoms with Gasteiger partial charge in [-0.15, -0.1) is 0 Å². The average molecular weight is 190 g/mol. The lowest BCUT2D eigenvalue weighted by Gasteiger charge is -2.31. The van der Waals surface area contributed by atoms with Crippen LogP contribution in [0, 0.1) is 0 Å². The van der Waals surface area contributed by atoms with Gasteiger partial charge in [0.05, 0.1) is 26.7 Å². The highest BCUT2D eigenvalue weighted by Gasteiger charge is 2.14. The largest absolute Gasteiger partial charge is 0.396 e. The summed E-state index contributed by atoms with van der Waals surface area (Å²) in [5.74, 6) is 0. The van der Waals surface area contributed by atoms with Gasteiger partial charge in [0.1, 0.15) is 6.54 Å². The van der Waals surface area contributed by atoms with E-state index in [0.29, 0.717) is 6.61 Å². The van der Waals surface area contributed by atoms with Crippen molar-refractivity contribution in [2.75, 3.05) is 46.5 Å². The van der Waals surface area contributed by atoms with Crippen LogP contribution in [0.5, 0.6) is 0 Å². The van der Waals surface area contributed by atoms with Gasteiger partial charge in [-0.05, 0) is 20.3 Å². The standard InChI is InChI=1S/C10H24NO2/c1-4-11(3,5-2)7-10-13-9-6-8-12/h12H,4-10H2,1-3H3/q+1. The lowest BCUT2D eigenvalue weighted by atomic mass is 10.4. The van der Waals surface area contributed by atoms with Gasteiger partial charge in [-0.2, -0.15) is 0 Å². The first-order valence-corrected chi connectivity index (χ1v) is 5.20. The molecular weight excluding hydrogens is 166 g/mol. The molecule has 3 heteroatoms. The summed E-state index contributed by atoms with van der Waals surface area (Å²) in [5, 5.41) is 8.53. The second-order valence-corrected chi connectivity index (χ2v) is 3.67. The zero-order valence-corrected chi connectivity index (χ0v) is 9.25. The number of ether oxygens (including phenoxy) is 1. The minimum absolute atomic E-state index is 0.230. The number of hydrogen-bond donors (Lipinski definition) is 1. The molecule has 0 spiro atoms. The van der Waals surface area contributed by atoms with E-state index in [1.54, 1.807) is 0 Å². The van der Waals surface area contributed by atoms with Crippen molar-refractivity contribution in [1.82, 2.24) is 0 Å². The van der Waals surface area contributed by atoms with Crippen molar-refractivity contribution < 1.29 is 14.3 Å². The minimum Gasteiger partial charge on any atom is -0.396 e. The molecule has 0 aromatic carbocycles. The zero-order valence-electron chi connectivity index (χ0n) is 9.25. The summed E-state index contributed by atoms with van der Waals surface area (Å²) in [7, 11) is 2.25. The Kier molecular flexibility index (Phi) is 7.23. The third kappa shape index (κ3) is 6.02. The van der Waals surface area contributed by atoms with E-state index < -0.39 is 0 Å². The van der Waals surface area contributed by atoms with Gasteiger partial charge in [-0.3, -0.25) is 0 Å². The van der Waals surface area contributed by atoms with E-state index in [1.165, 1.54) is 0 Å². The molecule has 0 aliphatic rings. The fourth-order valence-electron chi connectivity index (χ4n) is 1.09. The average Bonchev–Trinajstić information content (AvgIpc) is 2.17. The summed E-state index contributed by atoms with van der Waals surface area (Å²) in [6, 6.07) is 0. The molecule has 0 bridgehead atoms. The van der Waals surface area contributed by atoms with Crippen LogP contribution in [0.1, 0.15) is 20.3 Å². The number of hydrogen-bond acceptors (Lipinski definition) is 2. The number of likely N-dealkylation sites (N-methyl/N-ethyl adjacent to an activating group) is 1. The number of rotatable bonds is 8. The fraction of sp³-hybridized carbons (Fsp3) is 1.00. The molecule has 0 aliphatic carbocycles. The zero-order chi connectivity index (χ0) is 10.2. The van der Waals surface area contributed by atoms with Gasteiger partial charge in [-0.25, -0.2) is 0 Å². The number of aliphatic hydroxyl groups excluding tert-OH is 1. The molecular formula is C10H24NO2+. The molecule has 0 amide bonds. The predicted octanol–water partition coefficient (Wildman–Crippen LogP) is 0.872. The van der Waals surface area contributed by atoms with Crippen LogP contribution in [0.2, 0.25) is 0 Å². The first kappa shape index (κ1) is 12.9. The molecule has 0 saturated heterocycles. The van der Waals surface area contributed by atoms with Crippen LogP contribution in [0.15, 0.2) is 0 Å². The van der Waals surface area contributed by atoms with E-state index in [0.717, 1.165) is 37.1 Å². The van der Waals surface area contributed by atoms with Crippen LogP contribution in [-0.4, -0.2) is 56.1 Å². The van der Waals surface area contributed by atoms with Crippen molar-refractivity contribution in [3.63, 3.8) is 0 Å². The van der Waals surface area contributed by atoms with E-state index in [2.05, 4.69) is 20.9 Å². The first-order chi connectivity index (χ1) is 6.18. The second-order valence-electron chi connectivity index (χ2n) is 3.67. The SMILES string of the molecule is CC[N+](C)(CC)CCOCCCO. The van der Waals surface area contributed by atoms with Crippen LogP contribution >= 0.6 is 0 Å². The highest BCUT2D eigenvalue weighted by molar-refractivity contribution is 4.36. The van der Waals surface area contributed by atoms with Crippen molar-refractivity contribution in [3.8, 4) is 0 Å². The monoisotopic (exact) mass is 190 g/mol. The van der Waals surface area contributed by atoms with Crippen LogP contribution in [0.3, 0.4) is 0 Å². The van der Waals surface area contributed by atoms with Gasteiger partial charge in [0.2, 0.25) is 0 Å². The van der Waals surface area contributed by atoms with Crippen molar-refractivity contribution in [3.05, 3.63) is 0 Å². The van der Waals surface area contributed by atoms with Crippen LogP contribution in [0.4, 0.5) is 0 Å². The van der Waals surface area contributed by atoms with E-state index in [9.17, 15) is 0 Å². The van der Waals surface area contributed by atoms with Gasteiger partial charge in [0.25, 0.3) is 0 Å². The summed E-state index contributed by atoms with van der Waals surface area (Å²) in [4.78, 5) is 0. The van der Waals surface area contributed by atoms with Crippen LogP contribution < -0.4 is 0 Å². The Hall–Kier alpha value is -0.120. The molecule has 0 saturated carbocycles. The molecule has 0 unspecified atom stereocenters. The summed E-state index contributed by atoms with van der Waals surface area (Å²) in [5.41, 5.74) is 0. The fourth-order valence-corrected chi connectivity index (χ4v) is 1.09. The molecule has 80 valence electrons. The molecule has 0 aliphatic heterocycles. The predicted molar refractivity (Wildman–Crippen MR) is 54.7 cm³/mol. The van der Waals surface area contributed by atoms with Crippen molar-refractivity contribution in [2.24, 2.45) is 0 Å². The maximum absolute atomic E-state index is 8.53. The van der Waals surface area contributed by atoms with Crippen molar-refractivity contribution >= 4 is 0 Å². The van der Waals surface area contributed by atoms with Gasteiger partial charge >= 0.3 is 0 Å². The number of aliphatic hydroxyl groups is 1. The molecule has 13 heavy (non-hydrogen) atoms. The van der Waals surface area contributed by atoms with E-state index in [-0.39, 0.29) is 6.61 Å². The molecule has 1 N–H and O–H groups in total. The molecule has 0 heterocycles. The second kappa shape index (κ2) is 7.30. The Balaban J connectivity index is 3.39.